The summed E-state index contributed by atoms with van der Waals surface area (Å²) in [6.45, 7) is 0. The van der Waals surface area contributed by atoms with E-state index in [1.807, 2.05) is 12.2 Å². The third kappa shape index (κ3) is 3.00. The van der Waals surface area contributed by atoms with E-state index >= 15 is 0 Å². The van der Waals surface area contributed by atoms with E-state index in [-0.39, 0.29) is 22.3 Å². The smallest absolute Gasteiger partial charge is 0.335 e. The number of carbonyl (C=O) groups is 1. The van der Waals surface area contributed by atoms with Gasteiger partial charge in [-0.3, -0.25) is 0 Å². The van der Waals surface area contributed by atoms with Crippen LogP contribution in [0.15, 0.2) is 35.2 Å². The number of benzene rings is 1. The predicted octanol–water partition coefficient (Wildman–Crippen LogP) is 1.39. The number of rotatable bonds is 5. The quantitative estimate of drug-likeness (QED) is 0.801. The van der Waals surface area contributed by atoms with Crippen LogP contribution in [0.2, 0.25) is 0 Å². The normalized spacial score (nSPS) is 15.4. The number of sulfonamides is 1. The first-order valence-electron chi connectivity index (χ1n) is 6.02. The Kier molecular flexibility index (Phi) is 4.10. The van der Waals surface area contributed by atoms with Gasteiger partial charge in [-0.1, -0.05) is 12.2 Å². The molecule has 2 rings (SSSR count). The van der Waals surface area contributed by atoms with E-state index in [4.69, 9.17) is 9.84 Å². The minimum atomic E-state index is -3.74. The van der Waals surface area contributed by atoms with E-state index in [9.17, 15) is 13.2 Å². The van der Waals surface area contributed by atoms with Gasteiger partial charge in [0.1, 0.15) is 10.6 Å². The van der Waals surface area contributed by atoms with Crippen molar-refractivity contribution in [1.82, 2.24) is 4.72 Å². The van der Waals surface area contributed by atoms with Gasteiger partial charge in [-0.2, -0.15) is 0 Å². The Bertz CT molecular complexity index is 643. The molecule has 2 N–H and O–H groups in total. The number of hydrogen-bond acceptors (Lipinski definition) is 4. The molecule has 0 saturated heterocycles. The fraction of sp³-hybridized carbons (Fsp3) is 0.308. The van der Waals surface area contributed by atoms with Crippen molar-refractivity contribution in [2.75, 3.05) is 7.11 Å². The number of methoxy groups -OCH3 is 1. The van der Waals surface area contributed by atoms with Crippen molar-refractivity contribution in [2.24, 2.45) is 0 Å². The SMILES string of the molecule is COc1cc(C(=O)O)ccc1S(=O)(=O)NC1CC=CC1. The van der Waals surface area contributed by atoms with Gasteiger partial charge in [0.2, 0.25) is 10.0 Å². The molecule has 1 aromatic carbocycles. The predicted molar refractivity (Wildman–Crippen MR) is 72.4 cm³/mol. The molecule has 7 heteroatoms. The van der Waals surface area contributed by atoms with E-state index in [2.05, 4.69) is 4.72 Å². The number of carboxylic acid groups (broad SMARTS) is 1. The highest BCUT2D eigenvalue weighted by molar-refractivity contribution is 7.89. The molecule has 0 radical (unpaired) electrons. The fourth-order valence-corrected chi connectivity index (χ4v) is 3.43. The fourth-order valence-electron chi connectivity index (χ4n) is 2.02. The Balaban J connectivity index is 2.32. The molecule has 0 fully saturated rings. The Morgan fingerprint density at radius 3 is 2.55 bits per heavy atom. The second-order valence-electron chi connectivity index (χ2n) is 4.43. The molecule has 0 heterocycles. The number of aromatic carboxylic acids is 1. The molecule has 0 aliphatic heterocycles. The van der Waals surface area contributed by atoms with E-state index in [0.717, 1.165) is 0 Å². The third-order valence-corrected chi connectivity index (χ3v) is 4.59. The molecule has 1 aliphatic rings. The van der Waals surface area contributed by atoms with Crippen LogP contribution in [0.3, 0.4) is 0 Å². The van der Waals surface area contributed by atoms with Gasteiger partial charge in [0.15, 0.2) is 0 Å². The van der Waals surface area contributed by atoms with Crippen molar-refractivity contribution in [3.8, 4) is 5.75 Å². The lowest BCUT2D eigenvalue weighted by Crippen LogP contribution is -2.33. The average Bonchev–Trinajstić information content (AvgIpc) is 2.89. The Morgan fingerprint density at radius 1 is 1.35 bits per heavy atom. The van der Waals surface area contributed by atoms with Crippen LogP contribution in [-0.2, 0) is 10.0 Å². The third-order valence-electron chi connectivity index (χ3n) is 3.03. The highest BCUT2D eigenvalue weighted by Crippen LogP contribution is 2.26. The van der Waals surface area contributed by atoms with Crippen molar-refractivity contribution in [2.45, 2.75) is 23.8 Å². The van der Waals surface area contributed by atoms with Gasteiger partial charge < -0.3 is 9.84 Å². The van der Waals surface area contributed by atoms with Gasteiger partial charge in [-0.15, -0.1) is 0 Å². The second kappa shape index (κ2) is 5.64. The second-order valence-corrected chi connectivity index (χ2v) is 6.11. The lowest BCUT2D eigenvalue weighted by atomic mass is 10.2. The highest BCUT2D eigenvalue weighted by Gasteiger charge is 2.24. The first kappa shape index (κ1) is 14.5. The number of hydrogen-bond donors (Lipinski definition) is 2. The van der Waals surface area contributed by atoms with Gasteiger partial charge in [0, 0.05) is 6.04 Å². The molecule has 0 aromatic heterocycles. The Labute approximate surface area is 117 Å². The monoisotopic (exact) mass is 297 g/mol. The first-order valence-corrected chi connectivity index (χ1v) is 7.51. The standard InChI is InChI=1S/C13H15NO5S/c1-19-11-8-9(13(15)16)6-7-12(11)20(17,18)14-10-4-2-3-5-10/h2-3,6-8,10,14H,4-5H2,1H3,(H,15,16). The molecular weight excluding hydrogens is 282 g/mol. The molecule has 0 amide bonds. The number of nitrogens with one attached hydrogen (secondary N) is 1. The summed E-state index contributed by atoms with van der Waals surface area (Å²) in [5.74, 6) is -1.12. The minimum Gasteiger partial charge on any atom is -0.495 e. The maximum Gasteiger partial charge on any atom is 0.335 e. The van der Waals surface area contributed by atoms with Crippen LogP contribution in [0.4, 0.5) is 0 Å². The van der Waals surface area contributed by atoms with E-state index in [1.165, 1.54) is 25.3 Å². The van der Waals surface area contributed by atoms with Crippen LogP contribution < -0.4 is 9.46 Å². The van der Waals surface area contributed by atoms with Crippen molar-refractivity contribution in [3.05, 3.63) is 35.9 Å². The average molecular weight is 297 g/mol. The molecule has 0 bridgehead atoms. The molecule has 6 nitrogen and oxygen atoms in total. The van der Waals surface area contributed by atoms with Crippen LogP contribution in [0.25, 0.3) is 0 Å². The molecule has 0 saturated carbocycles. The van der Waals surface area contributed by atoms with Crippen molar-refractivity contribution in [1.29, 1.82) is 0 Å². The van der Waals surface area contributed by atoms with Gasteiger partial charge in [-0.25, -0.2) is 17.9 Å². The summed E-state index contributed by atoms with van der Waals surface area (Å²) >= 11 is 0. The summed E-state index contributed by atoms with van der Waals surface area (Å²) in [5, 5.41) is 8.90. The van der Waals surface area contributed by atoms with E-state index in [0.29, 0.717) is 12.8 Å². The maximum atomic E-state index is 12.3. The van der Waals surface area contributed by atoms with Gasteiger partial charge in [-0.05, 0) is 31.0 Å². The maximum absolute atomic E-state index is 12.3. The van der Waals surface area contributed by atoms with Crippen LogP contribution in [0, 0.1) is 0 Å². The van der Waals surface area contributed by atoms with Crippen LogP contribution in [0.1, 0.15) is 23.2 Å². The molecule has 20 heavy (non-hydrogen) atoms. The van der Waals surface area contributed by atoms with Crippen LogP contribution in [-0.4, -0.2) is 32.6 Å². The minimum absolute atomic E-state index is 0.0170. The van der Waals surface area contributed by atoms with Crippen LogP contribution >= 0.6 is 0 Å². The summed E-state index contributed by atoms with van der Waals surface area (Å²) in [4.78, 5) is 10.8. The summed E-state index contributed by atoms with van der Waals surface area (Å²) in [5.41, 5.74) is -0.0247. The van der Waals surface area contributed by atoms with Gasteiger partial charge in [0.25, 0.3) is 0 Å². The highest BCUT2D eigenvalue weighted by atomic mass is 32.2. The molecule has 0 atom stereocenters. The molecular formula is C13H15NO5S. The van der Waals surface area contributed by atoms with E-state index < -0.39 is 16.0 Å². The van der Waals surface area contributed by atoms with Crippen molar-refractivity contribution >= 4 is 16.0 Å². The lowest BCUT2D eigenvalue weighted by molar-refractivity contribution is 0.0696. The summed E-state index contributed by atoms with van der Waals surface area (Å²) in [6, 6.07) is 3.52. The topological polar surface area (TPSA) is 92.7 Å². The van der Waals surface area contributed by atoms with Crippen molar-refractivity contribution in [3.63, 3.8) is 0 Å². The van der Waals surface area contributed by atoms with Gasteiger partial charge in [0.05, 0.1) is 12.7 Å². The molecule has 0 spiro atoms. The molecule has 0 unspecified atom stereocenters. The zero-order chi connectivity index (χ0) is 14.8. The van der Waals surface area contributed by atoms with Gasteiger partial charge >= 0.3 is 5.97 Å². The Hall–Kier alpha value is -1.86. The number of carboxylic acids is 1. The van der Waals surface area contributed by atoms with Crippen LogP contribution in [0.5, 0.6) is 5.75 Å². The number of ether oxygens (including phenoxy) is 1. The zero-order valence-corrected chi connectivity index (χ0v) is 11.7. The molecule has 1 aliphatic carbocycles. The summed E-state index contributed by atoms with van der Waals surface area (Å²) < 4.78 is 32.1. The lowest BCUT2D eigenvalue weighted by Gasteiger charge is -2.15. The summed E-state index contributed by atoms with van der Waals surface area (Å²) in [7, 11) is -2.43. The first-order chi connectivity index (χ1) is 9.44. The zero-order valence-electron chi connectivity index (χ0n) is 10.9. The largest absolute Gasteiger partial charge is 0.495 e. The van der Waals surface area contributed by atoms with E-state index in [1.54, 1.807) is 0 Å². The molecule has 1 aromatic rings. The molecule has 108 valence electrons. The summed E-state index contributed by atoms with van der Waals surface area (Å²) in [6.07, 6.45) is 5.12. The van der Waals surface area contributed by atoms with Crippen molar-refractivity contribution < 1.29 is 23.1 Å². The Morgan fingerprint density at radius 2 is 2.00 bits per heavy atom.